The molecule has 0 spiro atoms. The molecule has 0 radical (unpaired) electrons. The zero-order chi connectivity index (χ0) is 14.5. The second-order valence-corrected chi connectivity index (χ2v) is 4.95. The molecule has 1 aliphatic rings. The van der Waals surface area contributed by atoms with Crippen molar-refractivity contribution in [2.24, 2.45) is 0 Å². The minimum Gasteiger partial charge on any atom is -0.381 e. The van der Waals surface area contributed by atoms with Gasteiger partial charge in [0.15, 0.2) is 0 Å². The average molecular weight is 275 g/mol. The lowest BCUT2D eigenvalue weighted by atomic mass is 9.92. The van der Waals surface area contributed by atoms with Gasteiger partial charge >= 0.3 is 0 Å². The summed E-state index contributed by atoms with van der Waals surface area (Å²) >= 11 is 0. The van der Waals surface area contributed by atoms with Crippen LogP contribution in [0.3, 0.4) is 0 Å². The summed E-state index contributed by atoms with van der Waals surface area (Å²) < 4.78 is 5.31. The van der Waals surface area contributed by atoms with Crippen LogP contribution in [0.25, 0.3) is 0 Å². The summed E-state index contributed by atoms with van der Waals surface area (Å²) in [5, 5.41) is 23.1. The van der Waals surface area contributed by atoms with E-state index in [1.54, 1.807) is 19.2 Å². The Morgan fingerprint density at radius 2 is 2.10 bits per heavy atom. The smallest absolute Gasteiger partial charge is 0.293 e. The van der Waals surface area contributed by atoms with E-state index < -0.39 is 4.92 Å². The van der Waals surface area contributed by atoms with E-state index in [0.29, 0.717) is 17.4 Å². The SMILES string of the molecule is COC1CCC(Nc2ccc(C#N)cc2[N+](=O)[O-])CC1. The normalized spacial score (nSPS) is 22.0. The van der Waals surface area contributed by atoms with Gasteiger partial charge in [0.05, 0.1) is 22.7 Å². The Balaban J connectivity index is 2.10. The molecule has 6 nitrogen and oxygen atoms in total. The van der Waals surface area contributed by atoms with Crippen LogP contribution >= 0.6 is 0 Å². The van der Waals surface area contributed by atoms with E-state index in [1.165, 1.54) is 6.07 Å². The van der Waals surface area contributed by atoms with Crippen LogP contribution in [0.4, 0.5) is 11.4 Å². The van der Waals surface area contributed by atoms with Gasteiger partial charge < -0.3 is 10.1 Å². The van der Waals surface area contributed by atoms with Gasteiger partial charge in [0.25, 0.3) is 5.69 Å². The van der Waals surface area contributed by atoms with Gasteiger partial charge in [-0.2, -0.15) is 5.26 Å². The van der Waals surface area contributed by atoms with Crippen molar-refractivity contribution in [1.82, 2.24) is 0 Å². The van der Waals surface area contributed by atoms with Crippen molar-refractivity contribution in [2.75, 3.05) is 12.4 Å². The van der Waals surface area contributed by atoms with E-state index in [0.717, 1.165) is 25.7 Å². The Labute approximate surface area is 117 Å². The van der Waals surface area contributed by atoms with Crippen LogP contribution in [0.1, 0.15) is 31.2 Å². The van der Waals surface area contributed by atoms with Gasteiger partial charge in [0.2, 0.25) is 0 Å². The Morgan fingerprint density at radius 3 is 2.65 bits per heavy atom. The van der Waals surface area contributed by atoms with Gasteiger partial charge in [-0.05, 0) is 37.8 Å². The van der Waals surface area contributed by atoms with Gasteiger partial charge in [-0.25, -0.2) is 0 Å². The summed E-state index contributed by atoms with van der Waals surface area (Å²) in [5.74, 6) is 0. The largest absolute Gasteiger partial charge is 0.381 e. The molecule has 1 fully saturated rings. The number of nitro groups is 1. The molecule has 0 atom stereocenters. The van der Waals surface area contributed by atoms with E-state index in [-0.39, 0.29) is 11.7 Å². The van der Waals surface area contributed by atoms with Crippen LogP contribution in [-0.4, -0.2) is 24.2 Å². The standard InChI is InChI=1S/C14H17N3O3/c1-20-12-5-3-11(4-6-12)16-13-7-2-10(9-15)8-14(13)17(18)19/h2,7-8,11-12,16H,3-6H2,1H3. The lowest BCUT2D eigenvalue weighted by molar-refractivity contribution is -0.384. The fourth-order valence-corrected chi connectivity index (χ4v) is 2.54. The minimum absolute atomic E-state index is 0.0436. The quantitative estimate of drug-likeness (QED) is 0.674. The van der Waals surface area contributed by atoms with Gasteiger partial charge in [0.1, 0.15) is 5.69 Å². The van der Waals surface area contributed by atoms with Crippen molar-refractivity contribution in [2.45, 2.75) is 37.8 Å². The Morgan fingerprint density at radius 1 is 1.40 bits per heavy atom. The molecular formula is C14H17N3O3. The molecule has 1 aliphatic carbocycles. The molecule has 1 saturated carbocycles. The molecule has 0 amide bonds. The number of hydrogen-bond acceptors (Lipinski definition) is 5. The van der Waals surface area contributed by atoms with Crippen LogP contribution in [0, 0.1) is 21.4 Å². The van der Waals surface area contributed by atoms with Gasteiger partial charge in [0, 0.05) is 19.2 Å². The van der Waals surface area contributed by atoms with Crippen molar-refractivity contribution in [3.63, 3.8) is 0 Å². The van der Waals surface area contributed by atoms with Gasteiger partial charge in [-0.15, -0.1) is 0 Å². The van der Waals surface area contributed by atoms with Crippen molar-refractivity contribution < 1.29 is 9.66 Å². The second kappa shape index (κ2) is 6.35. The first-order valence-corrected chi connectivity index (χ1v) is 6.62. The minimum atomic E-state index is -0.454. The second-order valence-electron chi connectivity index (χ2n) is 4.95. The first kappa shape index (κ1) is 14.3. The molecule has 0 aromatic heterocycles. The zero-order valence-corrected chi connectivity index (χ0v) is 11.3. The number of hydrogen-bond donors (Lipinski definition) is 1. The maximum absolute atomic E-state index is 11.1. The van der Waals surface area contributed by atoms with Gasteiger partial charge in [-0.1, -0.05) is 0 Å². The molecule has 1 aromatic carbocycles. The zero-order valence-electron chi connectivity index (χ0n) is 11.3. The molecule has 1 aromatic rings. The number of rotatable bonds is 4. The van der Waals surface area contributed by atoms with Crippen molar-refractivity contribution in [3.05, 3.63) is 33.9 Å². The number of nitriles is 1. The lowest BCUT2D eigenvalue weighted by Gasteiger charge is -2.28. The fraction of sp³-hybridized carbons (Fsp3) is 0.500. The summed E-state index contributed by atoms with van der Waals surface area (Å²) in [5.41, 5.74) is 0.734. The third-order valence-corrected chi connectivity index (χ3v) is 3.69. The summed E-state index contributed by atoms with van der Waals surface area (Å²) in [6, 6.07) is 6.65. The first-order valence-electron chi connectivity index (χ1n) is 6.62. The lowest BCUT2D eigenvalue weighted by Crippen LogP contribution is -2.29. The molecular weight excluding hydrogens is 258 g/mol. The van der Waals surface area contributed by atoms with Crippen molar-refractivity contribution in [3.8, 4) is 6.07 Å². The molecule has 0 heterocycles. The molecule has 2 rings (SSSR count). The Kier molecular flexibility index (Phi) is 4.53. The number of anilines is 1. The van der Waals surface area contributed by atoms with Crippen LogP contribution in [0.15, 0.2) is 18.2 Å². The van der Waals surface area contributed by atoms with E-state index in [1.807, 2.05) is 6.07 Å². The highest BCUT2D eigenvalue weighted by Crippen LogP contribution is 2.29. The monoisotopic (exact) mass is 275 g/mol. The molecule has 1 N–H and O–H groups in total. The Bertz CT molecular complexity index is 531. The third-order valence-electron chi connectivity index (χ3n) is 3.69. The van der Waals surface area contributed by atoms with Crippen LogP contribution in [0.2, 0.25) is 0 Å². The number of benzene rings is 1. The number of nitrogens with zero attached hydrogens (tertiary/aromatic N) is 2. The predicted molar refractivity (Wildman–Crippen MR) is 74.5 cm³/mol. The highest BCUT2D eigenvalue weighted by atomic mass is 16.6. The molecule has 6 heteroatoms. The summed E-state index contributed by atoms with van der Waals surface area (Å²) in [6.07, 6.45) is 4.06. The average Bonchev–Trinajstić information content (AvgIpc) is 2.48. The molecule has 0 bridgehead atoms. The van der Waals surface area contributed by atoms with Crippen LogP contribution in [-0.2, 0) is 4.74 Å². The van der Waals surface area contributed by atoms with Crippen LogP contribution < -0.4 is 5.32 Å². The number of nitro benzene ring substituents is 1. The molecule has 0 aliphatic heterocycles. The number of ether oxygens (including phenoxy) is 1. The fourth-order valence-electron chi connectivity index (χ4n) is 2.54. The topological polar surface area (TPSA) is 88.2 Å². The molecule has 0 saturated heterocycles. The predicted octanol–water partition coefficient (Wildman–Crippen LogP) is 2.84. The summed E-state index contributed by atoms with van der Waals surface area (Å²) in [7, 11) is 1.71. The molecule has 106 valence electrons. The first-order chi connectivity index (χ1) is 9.63. The summed E-state index contributed by atoms with van der Waals surface area (Å²) in [6.45, 7) is 0. The van der Waals surface area contributed by atoms with Gasteiger partial charge in [-0.3, -0.25) is 10.1 Å². The van der Waals surface area contributed by atoms with E-state index in [2.05, 4.69) is 5.32 Å². The van der Waals surface area contributed by atoms with E-state index in [4.69, 9.17) is 10.00 Å². The highest BCUT2D eigenvalue weighted by Gasteiger charge is 2.23. The highest BCUT2D eigenvalue weighted by molar-refractivity contribution is 5.64. The van der Waals surface area contributed by atoms with Crippen molar-refractivity contribution >= 4 is 11.4 Å². The molecule has 20 heavy (non-hydrogen) atoms. The van der Waals surface area contributed by atoms with E-state index >= 15 is 0 Å². The molecule has 0 unspecified atom stereocenters. The van der Waals surface area contributed by atoms with Crippen molar-refractivity contribution in [1.29, 1.82) is 5.26 Å². The number of nitrogens with one attached hydrogen (secondary N) is 1. The Hall–Kier alpha value is -2.13. The summed E-state index contributed by atoms with van der Waals surface area (Å²) in [4.78, 5) is 10.6. The number of methoxy groups -OCH3 is 1. The maximum atomic E-state index is 11.1. The van der Waals surface area contributed by atoms with Crippen LogP contribution in [0.5, 0.6) is 0 Å². The third kappa shape index (κ3) is 3.25. The van der Waals surface area contributed by atoms with E-state index in [9.17, 15) is 10.1 Å². The maximum Gasteiger partial charge on any atom is 0.293 e.